The van der Waals surface area contributed by atoms with Gasteiger partial charge in [0.1, 0.15) is 0 Å². The molecule has 0 atom stereocenters. The predicted octanol–water partition coefficient (Wildman–Crippen LogP) is 13.1. The second-order valence-corrected chi connectivity index (χ2v) is 12.8. The number of aromatic nitrogens is 1. The summed E-state index contributed by atoms with van der Waals surface area (Å²) in [5.74, 6) is 0. The standard InChI is InChI=1S/C46H27N/c1-2-14-27(15-3-1)37-26-28-16-4-5-17-29(28)40-39(37)30-18-6-7-19-31(30)42-41(40)32-20-8-9-21-33(32)44-43(42)34-22-10-11-23-35(34)46-45(44)36-24-12-13-25-38(36)47-46/h1-26,47H. The van der Waals surface area contributed by atoms with Gasteiger partial charge in [0.25, 0.3) is 0 Å². The summed E-state index contributed by atoms with van der Waals surface area (Å²) in [4.78, 5) is 3.84. The molecule has 0 radical (unpaired) electrons. The highest BCUT2D eigenvalue weighted by molar-refractivity contribution is 6.50. The number of nitrogens with one attached hydrogen (secondary N) is 1. The fraction of sp³-hybridized carbons (Fsp3) is 0. The Labute approximate surface area is 270 Å². The highest BCUT2D eigenvalue weighted by atomic mass is 14.7. The van der Waals surface area contributed by atoms with Gasteiger partial charge in [-0.15, -0.1) is 0 Å². The van der Waals surface area contributed by atoms with Crippen molar-refractivity contribution in [2.24, 2.45) is 0 Å². The van der Waals surface area contributed by atoms with E-state index in [0.717, 1.165) is 0 Å². The van der Waals surface area contributed by atoms with Gasteiger partial charge >= 0.3 is 0 Å². The number of benzene rings is 10. The van der Waals surface area contributed by atoms with E-state index in [9.17, 15) is 0 Å². The third kappa shape index (κ3) is 3.23. The van der Waals surface area contributed by atoms with Gasteiger partial charge in [0, 0.05) is 27.1 Å². The summed E-state index contributed by atoms with van der Waals surface area (Å²) in [7, 11) is 0. The van der Waals surface area contributed by atoms with Gasteiger partial charge in [0.05, 0.1) is 5.52 Å². The van der Waals surface area contributed by atoms with Crippen molar-refractivity contribution in [3.05, 3.63) is 158 Å². The van der Waals surface area contributed by atoms with Gasteiger partial charge < -0.3 is 4.98 Å². The molecule has 47 heavy (non-hydrogen) atoms. The van der Waals surface area contributed by atoms with Crippen LogP contribution in [0.5, 0.6) is 0 Å². The molecule has 1 nitrogen and oxygen atoms in total. The summed E-state index contributed by atoms with van der Waals surface area (Å²) in [6.45, 7) is 0. The zero-order chi connectivity index (χ0) is 30.6. The SMILES string of the molecule is c1ccc(-c2cc3ccccc3c3c2c2ccccc2c2c3c3ccccc3c3c4c5ccccc5[nH]c4c4ccccc4c32)cc1. The highest BCUT2D eigenvalue weighted by Crippen LogP contribution is 2.52. The van der Waals surface area contributed by atoms with Crippen molar-refractivity contribution in [2.45, 2.75) is 0 Å². The third-order valence-corrected chi connectivity index (χ3v) is 10.5. The second-order valence-electron chi connectivity index (χ2n) is 12.8. The summed E-state index contributed by atoms with van der Waals surface area (Å²) in [5, 5.41) is 20.8. The molecule has 1 aromatic heterocycles. The fourth-order valence-electron chi connectivity index (χ4n) is 8.67. The maximum Gasteiger partial charge on any atom is 0.0551 e. The van der Waals surface area contributed by atoms with Crippen molar-refractivity contribution in [1.29, 1.82) is 0 Å². The van der Waals surface area contributed by atoms with Gasteiger partial charge in [0.15, 0.2) is 0 Å². The number of hydrogen-bond acceptors (Lipinski definition) is 0. The van der Waals surface area contributed by atoms with Gasteiger partial charge in [-0.1, -0.05) is 146 Å². The van der Waals surface area contributed by atoms with Crippen LogP contribution >= 0.6 is 0 Å². The largest absolute Gasteiger partial charge is 0.354 e. The molecule has 0 unspecified atom stereocenters. The maximum atomic E-state index is 3.84. The van der Waals surface area contributed by atoms with Gasteiger partial charge in [-0.25, -0.2) is 0 Å². The van der Waals surface area contributed by atoms with Gasteiger partial charge in [-0.3, -0.25) is 0 Å². The van der Waals surface area contributed by atoms with Crippen LogP contribution < -0.4 is 0 Å². The van der Waals surface area contributed by atoms with E-state index in [-0.39, 0.29) is 0 Å². The minimum absolute atomic E-state index is 1.17. The molecule has 0 aliphatic rings. The first-order valence-corrected chi connectivity index (χ1v) is 16.4. The van der Waals surface area contributed by atoms with Crippen LogP contribution in [-0.2, 0) is 0 Å². The summed E-state index contributed by atoms with van der Waals surface area (Å²) in [5.41, 5.74) is 4.90. The Kier molecular flexibility index (Phi) is 4.90. The van der Waals surface area contributed by atoms with Crippen LogP contribution in [-0.4, -0.2) is 4.98 Å². The normalized spacial score (nSPS) is 12.3. The molecule has 0 aliphatic heterocycles. The molecule has 216 valence electrons. The van der Waals surface area contributed by atoms with E-state index in [2.05, 4.69) is 163 Å². The lowest BCUT2D eigenvalue weighted by Gasteiger charge is -2.21. The number of H-pyrrole nitrogens is 1. The molecular weight excluding hydrogens is 567 g/mol. The minimum Gasteiger partial charge on any atom is -0.354 e. The Morgan fingerprint density at radius 2 is 0.723 bits per heavy atom. The molecule has 0 saturated carbocycles. The summed E-state index contributed by atoms with van der Waals surface area (Å²) in [6.07, 6.45) is 0. The first-order chi connectivity index (χ1) is 23.4. The van der Waals surface area contributed by atoms with E-state index in [0.29, 0.717) is 0 Å². The number of fused-ring (bicyclic) bond motifs is 20. The second kappa shape index (κ2) is 9.19. The Hall–Kier alpha value is -6.18. The monoisotopic (exact) mass is 593 g/mol. The fourth-order valence-corrected chi connectivity index (χ4v) is 8.67. The van der Waals surface area contributed by atoms with E-state index in [1.807, 2.05) is 0 Å². The number of rotatable bonds is 1. The average Bonchev–Trinajstić information content (AvgIpc) is 3.54. The Morgan fingerprint density at radius 1 is 0.298 bits per heavy atom. The Morgan fingerprint density at radius 3 is 1.36 bits per heavy atom. The maximum absolute atomic E-state index is 3.84. The predicted molar refractivity (Wildman–Crippen MR) is 204 cm³/mol. The Balaban J connectivity index is 1.58. The Bertz CT molecular complexity index is 3110. The van der Waals surface area contributed by atoms with Crippen LogP contribution in [0, 0.1) is 0 Å². The van der Waals surface area contributed by atoms with E-state index >= 15 is 0 Å². The smallest absolute Gasteiger partial charge is 0.0551 e. The number of aromatic amines is 1. The molecule has 1 N–H and O–H groups in total. The lowest BCUT2D eigenvalue weighted by molar-refractivity contribution is 1.57. The molecular formula is C46H27N. The molecule has 11 rings (SSSR count). The first kappa shape index (κ1) is 25.1. The van der Waals surface area contributed by atoms with Crippen LogP contribution in [0.3, 0.4) is 0 Å². The highest BCUT2D eigenvalue weighted by Gasteiger charge is 2.23. The molecule has 1 heteroatoms. The van der Waals surface area contributed by atoms with Crippen LogP contribution in [0.15, 0.2) is 158 Å². The van der Waals surface area contributed by atoms with Crippen LogP contribution in [0.25, 0.3) is 108 Å². The number of para-hydroxylation sites is 1. The lowest BCUT2D eigenvalue weighted by Crippen LogP contribution is -1.93. The van der Waals surface area contributed by atoms with Crippen molar-refractivity contribution in [3.63, 3.8) is 0 Å². The van der Waals surface area contributed by atoms with Crippen LogP contribution in [0.2, 0.25) is 0 Å². The van der Waals surface area contributed by atoms with Gasteiger partial charge in [-0.2, -0.15) is 0 Å². The zero-order valence-electron chi connectivity index (χ0n) is 25.5. The van der Waals surface area contributed by atoms with Crippen molar-refractivity contribution in [2.75, 3.05) is 0 Å². The van der Waals surface area contributed by atoms with Gasteiger partial charge in [0.2, 0.25) is 0 Å². The molecule has 11 aromatic rings. The van der Waals surface area contributed by atoms with Crippen LogP contribution in [0.4, 0.5) is 0 Å². The molecule has 0 amide bonds. The molecule has 1 heterocycles. The zero-order valence-corrected chi connectivity index (χ0v) is 25.5. The first-order valence-electron chi connectivity index (χ1n) is 16.4. The van der Waals surface area contributed by atoms with E-state index in [1.54, 1.807) is 0 Å². The third-order valence-electron chi connectivity index (χ3n) is 10.5. The van der Waals surface area contributed by atoms with Crippen molar-refractivity contribution in [3.8, 4) is 11.1 Å². The van der Waals surface area contributed by atoms with E-state index < -0.39 is 0 Å². The van der Waals surface area contributed by atoms with E-state index in [1.165, 1.54) is 108 Å². The number of hydrogen-bond donors (Lipinski definition) is 1. The van der Waals surface area contributed by atoms with Crippen molar-refractivity contribution >= 4 is 97.2 Å². The van der Waals surface area contributed by atoms with E-state index in [4.69, 9.17) is 0 Å². The summed E-state index contributed by atoms with van der Waals surface area (Å²) in [6, 6.07) is 58.3. The van der Waals surface area contributed by atoms with Gasteiger partial charge in [-0.05, 0) is 87.9 Å². The molecule has 0 spiro atoms. The molecule has 0 fully saturated rings. The summed E-state index contributed by atoms with van der Waals surface area (Å²) >= 11 is 0. The molecule has 0 saturated heterocycles. The van der Waals surface area contributed by atoms with Crippen molar-refractivity contribution < 1.29 is 0 Å². The molecule has 0 aliphatic carbocycles. The van der Waals surface area contributed by atoms with Crippen LogP contribution in [0.1, 0.15) is 0 Å². The topological polar surface area (TPSA) is 15.8 Å². The quantitative estimate of drug-likeness (QED) is 0.182. The van der Waals surface area contributed by atoms with Crippen molar-refractivity contribution in [1.82, 2.24) is 4.98 Å². The molecule has 0 bridgehead atoms. The lowest BCUT2D eigenvalue weighted by atomic mass is 9.81. The average molecular weight is 594 g/mol. The minimum atomic E-state index is 1.17. The summed E-state index contributed by atoms with van der Waals surface area (Å²) < 4.78 is 0. The molecule has 10 aromatic carbocycles.